The second-order valence-electron chi connectivity index (χ2n) is 7.46. The fourth-order valence-electron chi connectivity index (χ4n) is 3.69. The molecule has 0 aliphatic heterocycles. The van der Waals surface area contributed by atoms with E-state index < -0.39 is 10.8 Å². The van der Waals surface area contributed by atoms with Crippen molar-refractivity contribution in [2.24, 2.45) is 0 Å². The van der Waals surface area contributed by atoms with Crippen molar-refractivity contribution in [2.75, 3.05) is 0 Å². The topological polar surface area (TPSA) is 96.7 Å². The zero-order valence-corrected chi connectivity index (χ0v) is 17.6. The van der Waals surface area contributed by atoms with Gasteiger partial charge in [0.2, 0.25) is 11.7 Å². The number of carbonyl (C=O) groups is 1. The number of hydrogen-bond acceptors (Lipinski definition) is 6. The van der Waals surface area contributed by atoms with Gasteiger partial charge < -0.3 is 9.73 Å². The third kappa shape index (κ3) is 4.12. The predicted octanol–water partition coefficient (Wildman–Crippen LogP) is 4.35. The van der Waals surface area contributed by atoms with Crippen LogP contribution in [0.4, 0.5) is 0 Å². The summed E-state index contributed by atoms with van der Waals surface area (Å²) in [7, 11) is 0. The minimum Gasteiger partial charge on any atom is -0.461 e. The number of nitrogens with zero attached hydrogens (tertiary/aromatic N) is 4. The Kier molecular flexibility index (Phi) is 5.91. The van der Waals surface area contributed by atoms with Gasteiger partial charge >= 0.3 is 0 Å². The first-order valence-electron chi connectivity index (χ1n) is 10.1. The first-order valence-corrected chi connectivity index (χ1v) is 10.9. The molecule has 0 saturated heterocycles. The lowest BCUT2D eigenvalue weighted by Gasteiger charge is -2.32. The average Bonchev–Trinajstić information content (AvgIpc) is 3.45. The summed E-state index contributed by atoms with van der Waals surface area (Å²) in [6.45, 7) is 1.82. The predicted molar refractivity (Wildman–Crippen MR) is 114 cm³/mol. The molecule has 1 atom stereocenters. The molecule has 4 rings (SSSR count). The van der Waals surface area contributed by atoms with Crippen LogP contribution in [0.25, 0.3) is 17.3 Å². The van der Waals surface area contributed by atoms with Crippen molar-refractivity contribution in [1.82, 2.24) is 20.1 Å². The largest absolute Gasteiger partial charge is 0.461 e. The Morgan fingerprint density at radius 1 is 1.20 bits per heavy atom. The zero-order valence-electron chi connectivity index (χ0n) is 16.7. The van der Waals surface area contributed by atoms with E-state index in [1.165, 1.54) is 11.8 Å². The van der Waals surface area contributed by atoms with E-state index in [-0.39, 0.29) is 5.91 Å². The van der Waals surface area contributed by atoms with Gasteiger partial charge in [-0.1, -0.05) is 49.2 Å². The average molecular weight is 422 g/mol. The molecule has 1 N–H and O–H groups in total. The first-order chi connectivity index (χ1) is 14.6. The van der Waals surface area contributed by atoms with Gasteiger partial charge in [0, 0.05) is 5.69 Å². The lowest BCUT2D eigenvalue weighted by Crippen LogP contribution is -2.50. The van der Waals surface area contributed by atoms with Crippen LogP contribution in [0.5, 0.6) is 0 Å². The summed E-state index contributed by atoms with van der Waals surface area (Å²) in [4.78, 5) is 12.9. The molecule has 0 spiro atoms. The van der Waals surface area contributed by atoms with Crippen LogP contribution in [0.2, 0.25) is 0 Å². The number of amides is 1. The fraction of sp³-hybridized carbons (Fsp3) is 0.364. The molecule has 1 aromatic carbocycles. The number of rotatable bonds is 6. The molecule has 0 bridgehead atoms. The van der Waals surface area contributed by atoms with Crippen molar-refractivity contribution in [2.45, 2.75) is 55.0 Å². The minimum absolute atomic E-state index is 0.161. The number of benzene rings is 1. The highest BCUT2D eigenvalue weighted by Crippen LogP contribution is 2.32. The minimum atomic E-state index is -0.753. The number of furan rings is 1. The number of nitriles is 1. The third-order valence-electron chi connectivity index (χ3n) is 5.32. The molecular weight excluding hydrogens is 398 g/mol. The van der Waals surface area contributed by atoms with Crippen molar-refractivity contribution in [3.8, 4) is 23.3 Å². The van der Waals surface area contributed by atoms with Crippen molar-refractivity contribution in [3.63, 3.8) is 0 Å². The quantitative estimate of drug-likeness (QED) is 0.594. The van der Waals surface area contributed by atoms with Gasteiger partial charge in [0.05, 0.1) is 17.6 Å². The van der Waals surface area contributed by atoms with Crippen LogP contribution in [0.3, 0.4) is 0 Å². The van der Waals surface area contributed by atoms with E-state index in [9.17, 15) is 10.1 Å². The Morgan fingerprint density at radius 3 is 2.63 bits per heavy atom. The normalized spacial score (nSPS) is 16.5. The zero-order chi connectivity index (χ0) is 21.0. The van der Waals surface area contributed by atoms with Crippen molar-refractivity contribution in [1.29, 1.82) is 5.26 Å². The van der Waals surface area contributed by atoms with Gasteiger partial charge in [-0.2, -0.15) is 5.26 Å². The van der Waals surface area contributed by atoms with E-state index >= 15 is 0 Å². The lowest BCUT2D eigenvalue weighted by atomic mass is 9.83. The van der Waals surface area contributed by atoms with Crippen molar-refractivity contribution in [3.05, 3.63) is 48.7 Å². The van der Waals surface area contributed by atoms with E-state index in [1.54, 1.807) is 12.3 Å². The highest BCUT2D eigenvalue weighted by molar-refractivity contribution is 8.00. The van der Waals surface area contributed by atoms with Crippen LogP contribution in [0.1, 0.15) is 39.0 Å². The summed E-state index contributed by atoms with van der Waals surface area (Å²) >= 11 is 1.32. The smallest absolute Gasteiger partial charge is 0.234 e. The van der Waals surface area contributed by atoms with Crippen LogP contribution in [-0.4, -0.2) is 31.5 Å². The monoisotopic (exact) mass is 421 g/mol. The number of hydrogen-bond donors (Lipinski definition) is 1. The molecular formula is C22H23N5O2S. The second kappa shape index (κ2) is 8.76. The molecule has 3 aromatic rings. The van der Waals surface area contributed by atoms with Crippen molar-refractivity contribution < 1.29 is 9.21 Å². The number of para-hydroxylation sites is 1. The Morgan fingerprint density at radius 2 is 1.97 bits per heavy atom. The molecule has 7 nitrogen and oxygen atoms in total. The summed E-state index contributed by atoms with van der Waals surface area (Å²) in [6.07, 6.45) is 6.03. The summed E-state index contributed by atoms with van der Waals surface area (Å²) in [6, 6.07) is 15.7. The molecule has 1 aliphatic carbocycles. The summed E-state index contributed by atoms with van der Waals surface area (Å²) in [5.74, 6) is 1.01. The van der Waals surface area contributed by atoms with E-state index in [4.69, 9.17) is 4.42 Å². The van der Waals surface area contributed by atoms with Crippen LogP contribution in [0.15, 0.2) is 58.3 Å². The highest BCUT2D eigenvalue weighted by Gasteiger charge is 2.35. The SMILES string of the molecule is CC(Sc1nnc(-c2ccco2)n1-c1ccccc1)C(=O)NC1(C#N)CCCCC1. The molecule has 2 heterocycles. The van der Waals surface area contributed by atoms with Crippen LogP contribution in [0, 0.1) is 11.3 Å². The Labute approximate surface area is 179 Å². The molecule has 154 valence electrons. The number of thioether (sulfide) groups is 1. The molecule has 1 saturated carbocycles. The summed E-state index contributed by atoms with van der Waals surface area (Å²) < 4.78 is 7.41. The fourth-order valence-corrected chi connectivity index (χ4v) is 4.56. The summed E-state index contributed by atoms with van der Waals surface area (Å²) in [5, 5.41) is 21.4. The Hall–Kier alpha value is -3.05. The molecule has 30 heavy (non-hydrogen) atoms. The number of nitrogens with one attached hydrogen (secondary N) is 1. The van der Waals surface area contributed by atoms with E-state index in [1.807, 2.05) is 47.9 Å². The van der Waals surface area contributed by atoms with Gasteiger partial charge in [-0.3, -0.25) is 9.36 Å². The number of aromatic nitrogens is 3. The van der Waals surface area contributed by atoms with Gasteiger partial charge in [-0.15, -0.1) is 10.2 Å². The van der Waals surface area contributed by atoms with Gasteiger partial charge in [0.15, 0.2) is 10.9 Å². The molecule has 1 amide bonds. The van der Waals surface area contributed by atoms with Crippen molar-refractivity contribution >= 4 is 17.7 Å². The van der Waals surface area contributed by atoms with Crippen LogP contribution < -0.4 is 5.32 Å². The maximum atomic E-state index is 12.9. The molecule has 1 unspecified atom stereocenters. The van der Waals surface area contributed by atoms with E-state index in [0.29, 0.717) is 29.6 Å². The Bertz CT molecular complexity index is 1030. The molecule has 8 heteroatoms. The third-order valence-corrected chi connectivity index (χ3v) is 6.37. The number of carbonyl (C=O) groups excluding carboxylic acids is 1. The first kappa shape index (κ1) is 20.2. The van der Waals surface area contributed by atoms with Gasteiger partial charge in [-0.25, -0.2) is 0 Å². The lowest BCUT2D eigenvalue weighted by molar-refractivity contribution is -0.121. The van der Waals surface area contributed by atoms with Gasteiger partial charge in [0.1, 0.15) is 5.54 Å². The molecule has 1 aliphatic rings. The molecule has 2 aromatic heterocycles. The molecule has 1 fully saturated rings. The second-order valence-corrected chi connectivity index (χ2v) is 8.77. The standard InChI is InChI=1S/C22H23N5O2S/c1-16(20(28)24-22(15-23)12-6-3-7-13-22)30-21-26-25-19(18-11-8-14-29-18)27(21)17-9-4-2-5-10-17/h2,4-5,8-11,14,16H,3,6-7,12-13H2,1H3,(H,24,28). The molecule has 0 radical (unpaired) electrons. The van der Waals surface area contributed by atoms with Crippen LogP contribution in [-0.2, 0) is 4.79 Å². The summed E-state index contributed by atoms with van der Waals surface area (Å²) in [5.41, 5.74) is 0.126. The van der Waals surface area contributed by atoms with Gasteiger partial charge in [-0.05, 0) is 44.0 Å². The Balaban J connectivity index is 1.58. The van der Waals surface area contributed by atoms with E-state index in [2.05, 4.69) is 21.6 Å². The highest BCUT2D eigenvalue weighted by atomic mass is 32.2. The van der Waals surface area contributed by atoms with Gasteiger partial charge in [0.25, 0.3) is 0 Å². The van der Waals surface area contributed by atoms with E-state index in [0.717, 1.165) is 24.9 Å². The maximum Gasteiger partial charge on any atom is 0.234 e. The van der Waals surface area contributed by atoms with Crippen LogP contribution >= 0.6 is 11.8 Å². The maximum absolute atomic E-state index is 12.9.